The van der Waals surface area contributed by atoms with Gasteiger partial charge in [0.05, 0.1) is 5.76 Å². The van der Waals surface area contributed by atoms with Crippen molar-refractivity contribution in [1.29, 1.82) is 0 Å². The van der Waals surface area contributed by atoms with Crippen molar-refractivity contribution in [2.45, 2.75) is 25.7 Å². The molecule has 1 N–H and O–H groups in total. The largest absolute Gasteiger partial charge is 0.513 e. The van der Waals surface area contributed by atoms with E-state index < -0.39 is 0 Å². The number of benzene rings is 1. The third-order valence-electron chi connectivity index (χ3n) is 2.20. The first-order valence-corrected chi connectivity index (χ1v) is 4.44. The third kappa shape index (κ3) is 2.62. The molecule has 0 unspecified atom stereocenters. The van der Waals surface area contributed by atoms with E-state index in [2.05, 4.69) is 32.6 Å². The lowest BCUT2D eigenvalue weighted by atomic mass is 9.81. The summed E-state index contributed by atoms with van der Waals surface area (Å²) in [4.78, 5) is 0. The second kappa shape index (κ2) is 3.65. The molecular weight excluding hydrogens is 160 g/mol. The zero-order chi connectivity index (χ0) is 9.90. The molecule has 0 aliphatic rings. The molecule has 0 saturated heterocycles. The maximum absolute atomic E-state index is 9.15. The molecule has 0 bridgehead atoms. The van der Waals surface area contributed by atoms with Crippen molar-refractivity contribution in [3.63, 3.8) is 0 Å². The molecule has 0 aliphatic heterocycles. The van der Waals surface area contributed by atoms with E-state index in [1.54, 1.807) is 0 Å². The molecule has 0 aliphatic carbocycles. The van der Waals surface area contributed by atoms with Crippen molar-refractivity contribution < 1.29 is 5.11 Å². The van der Waals surface area contributed by atoms with Gasteiger partial charge in [0.2, 0.25) is 0 Å². The highest BCUT2D eigenvalue weighted by Gasteiger charge is 2.20. The Morgan fingerprint density at radius 1 is 1.31 bits per heavy atom. The van der Waals surface area contributed by atoms with Gasteiger partial charge in [0.1, 0.15) is 0 Å². The molecule has 1 heteroatoms. The van der Waals surface area contributed by atoms with Gasteiger partial charge in [-0.15, -0.1) is 0 Å². The highest BCUT2D eigenvalue weighted by atomic mass is 16.3. The molecule has 0 amide bonds. The lowest BCUT2D eigenvalue weighted by molar-refractivity contribution is 0.346. The van der Waals surface area contributed by atoms with Crippen LogP contribution in [0.5, 0.6) is 0 Å². The van der Waals surface area contributed by atoms with Crippen molar-refractivity contribution in [3.8, 4) is 0 Å². The molecule has 0 radical (unpaired) electrons. The second-order valence-corrected chi connectivity index (χ2v) is 3.99. The Morgan fingerprint density at radius 2 is 1.85 bits per heavy atom. The quantitative estimate of drug-likeness (QED) is 0.699. The molecule has 1 nitrogen and oxygen atoms in total. The number of allylic oxidation sites excluding steroid dienone is 1. The van der Waals surface area contributed by atoms with Crippen molar-refractivity contribution in [2.75, 3.05) is 0 Å². The molecule has 70 valence electrons. The SMILES string of the molecule is C=C(O)CC(C)(C)c1ccccc1. The summed E-state index contributed by atoms with van der Waals surface area (Å²) in [5.74, 6) is 0.244. The summed E-state index contributed by atoms with van der Waals surface area (Å²) in [6.45, 7) is 7.72. The topological polar surface area (TPSA) is 20.2 Å². The second-order valence-electron chi connectivity index (χ2n) is 3.99. The monoisotopic (exact) mass is 176 g/mol. The Labute approximate surface area is 79.7 Å². The molecule has 0 aromatic heterocycles. The molecule has 0 spiro atoms. The highest BCUT2D eigenvalue weighted by Crippen LogP contribution is 2.28. The summed E-state index contributed by atoms with van der Waals surface area (Å²) in [5.41, 5.74) is 1.19. The number of aliphatic hydroxyl groups excluding tert-OH is 1. The van der Waals surface area contributed by atoms with E-state index >= 15 is 0 Å². The van der Waals surface area contributed by atoms with Crippen LogP contribution in [0.3, 0.4) is 0 Å². The van der Waals surface area contributed by atoms with Gasteiger partial charge in [-0.25, -0.2) is 0 Å². The highest BCUT2D eigenvalue weighted by molar-refractivity contribution is 5.24. The zero-order valence-electron chi connectivity index (χ0n) is 8.25. The van der Waals surface area contributed by atoms with Crippen LogP contribution in [-0.2, 0) is 5.41 Å². The molecule has 0 fully saturated rings. The summed E-state index contributed by atoms with van der Waals surface area (Å²) in [6.07, 6.45) is 0.608. The fourth-order valence-electron chi connectivity index (χ4n) is 1.50. The normalized spacial score (nSPS) is 11.2. The number of rotatable bonds is 3. The van der Waals surface area contributed by atoms with Crippen LogP contribution >= 0.6 is 0 Å². The van der Waals surface area contributed by atoms with Crippen LogP contribution in [-0.4, -0.2) is 5.11 Å². The van der Waals surface area contributed by atoms with Gasteiger partial charge in [-0.2, -0.15) is 0 Å². The van der Waals surface area contributed by atoms with Crippen molar-refractivity contribution in [1.82, 2.24) is 0 Å². The number of hydrogen-bond donors (Lipinski definition) is 1. The van der Waals surface area contributed by atoms with E-state index in [9.17, 15) is 0 Å². The fourth-order valence-corrected chi connectivity index (χ4v) is 1.50. The Hall–Kier alpha value is -1.24. The Kier molecular flexibility index (Phi) is 2.76. The molecule has 0 atom stereocenters. The van der Waals surface area contributed by atoms with Crippen LogP contribution in [0.25, 0.3) is 0 Å². The Morgan fingerprint density at radius 3 is 2.31 bits per heavy atom. The minimum Gasteiger partial charge on any atom is -0.513 e. The van der Waals surface area contributed by atoms with Gasteiger partial charge in [0, 0.05) is 6.42 Å². The first-order valence-electron chi connectivity index (χ1n) is 4.44. The molecule has 0 saturated carbocycles. The minimum atomic E-state index is -0.0346. The smallest absolute Gasteiger partial charge is 0.0859 e. The van der Waals surface area contributed by atoms with E-state index in [0.717, 1.165) is 0 Å². The van der Waals surface area contributed by atoms with E-state index in [-0.39, 0.29) is 11.2 Å². The molecule has 0 heterocycles. The van der Waals surface area contributed by atoms with Gasteiger partial charge in [-0.05, 0) is 11.0 Å². The van der Waals surface area contributed by atoms with Crippen LogP contribution in [0.2, 0.25) is 0 Å². The van der Waals surface area contributed by atoms with Crippen LogP contribution in [0.1, 0.15) is 25.8 Å². The van der Waals surface area contributed by atoms with Gasteiger partial charge in [0.25, 0.3) is 0 Å². The predicted octanol–water partition coefficient (Wildman–Crippen LogP) is 3.43. The van der Waals surface area contributed by atoms with Gasteiger partial charge >= 0.3 is 0 Å². The molecule has 13 heavy (non-hydrogen) atoms. The Bertz CT molecular complexity index is 285. The van der Waals surface area contributed by atoms with Crippen LogP contribution < -0.4 is 0 Å². The third-order valence-corrected chi connectivity index (χ3v) is 2.20. The average Bonchev–Trinajstić information content (AvgIpc) is 2.04. The van der Waals surface area contributed by atoms with E-state index in [1.165, 1.54) is 5.56 Å². The van der Waals surface area contributed by atoms with Gasteiger partial charge < -0.3 is 5.11 Å². The fraction of sp³-hybridized carbons (Fsp3) is 0.333. The Balaban J connectivity index is 2.87. The molecular formula is C12H16O. The van der Waals surface area contributed by atoms with Crippen molar-refractivity contribution >= 4 is 0 Å². The van der Waals surface area contributed by atoms with E-state index in [0.29, 0.717) is 6.42 Å². The maximum Gasteiger partial charge on any atom is 0.0859 e. The number of aliphatic hydroxyl groups is 1. The summed E-state index contributed by atoms with van der Waals surface area (Å²) < 4.78 is 0. The number of hydrogen-bond acceptors (Lipinski definition) is 1. The average molecular weight is 176 g/mol. The first kappa shape index (κ1) is 9.85. The van der Waals surface area contributed by atoms with Crippen molar-refractivity contribution in [3.05, 3.63) is 48.2 Å². The summed E-state index contributed by atoms with van der Waals surface area (Å²) >= 11 is 0. The molecule has 1 rings (SSSR count). The standard InChI is InChI=1S/C12H16O/c1-10(13)9-12(2,3)11-7-5-4-6-8-11/h4-8,13H,1,9H2,2-3H3. The minimum absolute atomic E-state index is 0.0346. The van der Waals surface area contributed by atoms with Gasteiger partial charge in [0.15, 0.2) is 0 Å². The first-order chi connectivity index (χ1) is 6.02. The van der Waals surface area contributed by atoms with E-state index in [1.807, 2.05) is 18.2 Å². The summed E-state index contributed by atoms with van der Waals surface area (Å²) in [5, 5.41) is 9.15. The van der Waals surface area contributed by atoms with E-state index in [4.69, 9.17) is 5.11 Å². The molecule has 1 aromatic rings. The zero-order valence-corrected chi connectivity index (χ0v) is 8.25. The van der Waals surface area contributed by atoms with Gasteiger partial charge in [-0.3, -0.25) is 0 Å². The summed E-state index contributed by atoms with van der Waals surface area (Å²) in [6, 6.07) is 10.2. The van der Waals surface area contributed by atoms with Crippen LogP contribution in [0, 0.1) is 0 Å². The van der Waals surface area contributed by atoms with Crippen LogP contribution in [0.4, 0.5) is 0 Å². The summed E-state index contributed by atoms with van der Waals surface area (Å²) in [7, 11) is 0. The van der Waals surface area contributed by atoms with Crippen molar-refractivity contribution in [2.24, 2.45) is 0 Å². The predicted molar refractivity (Wildman–Crippen MR) is 55.9 cm³/mol. The molecule has 1 aromatic carbocycles. The maximum atomic E-state index is 9.15. The lowest BCUT2D eigenvalue weighted by Gasteiger charge is -2.24. The lowest BCUT2D eigenvalue weighted by Crippen LogP contribution is -2.17. The van der Waals surface area contributed by atoms with Crippen LogP contribution in [0.15, 0.2) is 42.7 Å². The van der Waals surface area contributed by atoms with Gasteiger partial charge in [-0.1, -0.05) is 50.8 Å².